The van der Waals surface area contributed by atoms with Crippen molar-refractivity contribution < 1.29 is 59.0 Å². The SMILES string of the molecule is CCCCCCCCCCCCCCCCC/C=C/CC/C=C/C(O)C(COP(=O)(O)OC1C(O)C(O)C(O)C(O)C1O)NC(=O)CC(O)CCCCCCCCC. The van der Waals surface area contributed by atoms with Gasteiger partial charge in [0.2, 0.25) is 5.91 Å². The zero-order chi connectivity index (χ0) is 43.0. The van der Waals surface area contributed by atoms with Crippen molar-refractivity contribution in [3.05, 3.63) is 24.3 Å². The van der Waals surface area contributed by atoms with Crippen molar-refractivity contribution in [2.75, 3.05) is 6.61 Å². The van der Waals surface area contributed by atoms with Crippen LogP contribution in [0.25, 0.3) is 0 Å². The van der Waals surface area contributed by atoms with Gasteiger partial charge in [0.05, 0.1) is 31.3 Å². The molecule has 9 N–H and O–H groups in total. The molecule has 0 radical (unpaired) electrons. The summed E-state index contributed by atoms with van der Waals surface area (Å²) in [4.78, 5) is 23.3. The number of allylic oxidation sites excluding steroid dienone is 3. The van der Waals surface area contributed by atoms with E-state index in [1.165, 1.54) is 109 Å². The fourth-order valence-electron chi connectivity index (χ4n) is 7.26. The van der Waals surface area contributed by atoms with E-state index in [1.54, 1.807) is 6.08 Å². The third-order valence-corrected chi connectivity index (χ3v) is 12.0. The highest BCUT2D eigenvalue weighted by molar-refractivity contribution is 7.47. The number of hydrogen-bond acceptors (Lipinski definition) is 11. The van der Waals surface area contributed by atoms with E-state index >= 15 is 0 Å². The molecule has 0 aromatic carbocycles. The Labute approximate surface area is 350 Å². The average Bonchev–Trinajstić information content (AvgIpc) is 3.19. The van der Waals surface area contributed by atoms with Gasteiger partial charge in [-0.2, -0.15) is 0 Å². The number of phosphoric acid groups is 1. The quantitative estimate of drug-likeness (QED) is 0.0172. The smallest absolute Gasteiger partial charge is 0.393 e. The number of carbonyl (C=O) groups is 1. The van der Waals surface area contributed by atoms with Gasteiger partial charge in [0.1, 0.15) is 36.6 Å². The van der Waals surface area contributed by atoms with Gasteiger partial charge in [0.15, 0.2) is 0 Å². The van der Waals surface area contributed by atoms with Crippen LogP contribution < -0.4 is 5.32 Å². The third kappa shape index (κ3) is 26.2. The van der Waals surface area contributed by atoms with Gasteiger partial charge in [-0.1, -0.05) is 173 Å². The van der Waals surface area contributed by atoms with Gasteiger partial charge in [0, 0.05) is 0 Å². The van der Waals surface area contributed by atoms with E-state index in [4.69, 9.17) is 9.05 Å². The number of amides is 1. The summed E-state index contributed by atoms with van der Waals surface area (Å²) >= 11 is 0. The van der Waals surface area contributed by atoms with E-state index < -0.39 is 75.2 Å². The molecule has 0 spiro atoms. The van der Waals surface area contributed by atoms with E-state index in [0.29, 0.717) is 12.8 Å². The summed E-state index contributed by atoms with van der Waals surface area (Å²) in [5, 5.41) is 74.1. The van der Waals surface area contributed by atoms with Crippen LogP contribution >= 0.6 is 7.82 Å². The molecule has 0 aromatic rings. The number of carbonyl (C=O) groups excluding carboxylic acids is 1. The van der Waals surface area contributed by atoms with Crippen LogP contribution in [0.5, 0.6) is 0 Å². The minimum Gasteiger partial charge on any atom is -0.393 e. The first-order chi connectivity index (χ1) is 27.8. The molecule has 0 aliphatic heterocycles. The monoisotopic (exact) mass is 850 g/mol. The fourth-order valence-corrected chi connectivity index (χ4v) is 8.22. The molecule has 1 rings (SSSR count). The van der Waals surface area contributed by atoms with Crippen LogP contribution in [0.4, 0.5) is 0 Å². The molecule has 342 valence electrons. The summed E-state index contributed by atoms with van der Waals surface area (Å²) in [6, 6.07) is -1.25. The van der Waals surface area contributed by atoms with Gasteiger partial charge in [-0.25, -0.2) is 4.57 Å². The van der Waals surface area contributed by atoms with Crippen molar-refractivity contribution >= 4 is 13.7 Å². The van der Waals surface area contributed by atoms with Crippen LogP contribution in [0, 0.1) is 0 Å². The van der Waals surface area contributed by atoms with Crippen LogP contribution in [0.2, 0.25) is 0 Å². The number of aliphatic hydroxyl groups excluding tert-OH is 7. The maximum absolute atomic E-state index is 12.9. The molecule has 0 bridgehead atoms. The molecule has 1 fully saturated rings. The molecule has 0 saturated heterocycles. The van der Waals surface area contributed by atoms with Crippen molar-refractivity contribution in [1.29, 1.82) is 0 Å². The van der Waals surface area contributed by atoms with Crippen molar-refractivity contribution in [2.45, 2.75) is 242 Å². The van der Waals surface area contributed by atoms with Gasteiger partial charge < -0.3 is 46.0 Å². The van der Waals surface area contributed by atoms with Gasteiger partial charge >= 0.3 is 7.82 Å². The number of rotatable bonds is 37. The predicted octanol–water partition coefficient (Wildman–Crippen LogP) is 7.20. The Morgan fingerprint density at radius 1 is 0.603 bits per heavy atom. The number of nitrogens with one attached hydrogen (secondary N) is 1. The highest BCUT2D eigenvalue weighted by Crippen LogP contribution is 2.47. The Kier molecular flexibility index (Phi) is 32.5. The lowest BCUT2D eigenvalue weighted by atomic mass is 9.85. The second-order valence-corrected chi connectivity index (χ2v) is 17.8. The first-order valence-electron chi connectivity index (χ1n) is 22.9. The number of aliphatic hydroxyl groups is 7. The summed E-state index contributed by atoms with van der Waals surface area (Å²) in [5.41, 5.74) is 0. The van der Waals surface area contributed by atoms with Gasteiger partial charge in [-0.15, -0.1) is 0 Å². The van der Waals surface area contributed by atoms with Crippen LogP contribution in [0.15, 0.2) is 24.3 Å². The molecular formula is C44H84NO12P. The second-order valence-electron chi connectivity index (χ2n) is 16.4. The second kappa shape index (κ2) is 34.4. The molecule has 14 heteroatoms. The predicted molar refractivity (Wildman–Crippen MR) is 229 cm³/mol. The van der Waals surface area contributed by atoms with Crippen LogP contribution in [0.3, 0.4) is 0 Å². The lowest BCUT2D eigenvalue weighted by Gasteiger charge is -2.41. The third-order valence-electron chi connectivity index (χ3n) is 11.0. The normalized spacial score (nSPS) is 24.0. The highest BCUT2D eigenvalue weighted by Gasteiger charge is 2.51. The molecule has 0 aromatic heterocycles. The molecule has 1 aliphatic rings. The standard InChI is InChI=1S/C44H84NO12P/c1-3-5-7-9-11-12-13-14-15-16-17-18-19-20-21-22-23-24-26-28-30-32-37(47)36(45-38(48)33-35(46)31-29-27-25-10-8-6-4-2)34-56-58(54,55)57-44-42(52)40(50)39(49)41(51)43(44)53/h23-24,30,32,35-37,39-44,46-47,49-53H,3-22,25-29,31,33-34H2,1-2H3,(H,45,48)(H,54,55)/b24-23+,32-30+. The molecule has 8 atom stereocenters. The average molecular weight is 850 g/mol. The molecule has 1 amide bonds. The first kappa shape index (κ1) is 54.8. The molecule has 1 saturated carbocycles. The van der Waals surface area contributed by atoms with Crippen LogP contribution in [-0.4, -0.2) is 108 Å². The van der Waals surface area contributed by atoms with Crippen LogP contribution in [0.1, 0.15) is 187 Å². The minimum atomic E-state index is -5.14. The van der Waals surface area contributed by atoms with Crippen molar-refractivity contribution in [1.82, 2.24) is 5.32 Å². The summed E-state index contributed by atoms with van der Waals surface area (Å²) in [5.74, 6) is -0.606. The van der Waals surface area contributed by atoms with Crippen molar-refractivity contribution in [3.8, 4) is 0 Å². The molecule has 58 heavy (non-hydrogen) atoms. The van der Waals surface area contributed by atoms with Gasteiger partial charge in [0.25, 0.3) is 0 Å². The van der Waals surface area contributed by atoms with E-state index in [0.717, 1.165) is 51.4 Å². The minimum absolute atomic E-state index is 0.251. The largest absolute Gasteiger partial charge is 0.472 e. The summed E-state index contributed by atoms with van der Waals surface area (Å²) in [6.45, 7) is 3.67. The molecule has 13 nitrogen and oxygen atoms in total. The highest BCUT2D eigenvalue weighted by atomic mass is 31.2. The van der Waals surface area contributed by atoms with E-state index in [9.17, 15) is 50.0 Å². The van der Waals surface area contributed by atoms with E-state index in [-0.39, 0.29) is 6.42 Å². The Balaban J connectivity index is 2.52. The van der Waals surface area contributed by atoms with E-state index in [1.807, 2.05) is 0 Å². The zero-order valence-corrected chi connectivity index (χ0v) is 36.9. The molecule has 1 aliphatic carbocycles. The Morgan fingerprint density at radius 2 is 1.02 bits per heavy atom. The molecule has 0 heterocycles. The lowest BCUT2D eigenvalue weighted by molar-refractivity contribution is -0.220. The van der Waals surface area contributed by atoms with Gasteiger partial charge in [-0.05, 0) is 32.1 Å². The topological polar surface area (TPSA) is 226 Å². The van der Waals surface area contributed by atoms with E-state index in [2.05, 4.69) is 31.3 Å². The number of unbranched alkanes of at least 4 members (excludes halogenated alkanes) is 22. The summed E-state index contributed by atoms with van der Waals surface area (Å²) in [7, 11) is -5.14. The van der Waals surface area contributed by atoms with Gasteiger partial charge in [-0.3, -0.25) is 13.8 Å². The summed E-state index contributed by atoms with van der Waals surface area (Å²) < 4.78 is 22.8. The summed E-state index contributed by atoms with van der Waals surface area (Å²) in [6.07, 6.45) is 23.1. The Hall–Kier alpha value is -1.22. The maximum Gasteiger partial charge on any atom is 0.472 e. The van der Waals surface area contributed by atoms with Crippen molar-refractivity contribution in [3.63, 3.8) is 0 Å². The number of phosphoric ester groups is 1. The van der Waals surface area contributed by atoms with Crippen LogP contribution in [-0.2, 0) is 18.4 Å². The zero-order valence-electron chi connectivity index (χ0n) is 36.0. The maximum atomic E-state index is 12.9. The Bertz CT molecular complexity index is 1100. The molecule has 8 unspecified atom stereocenters. The molecular weight excluding hydrogens is 765 g/mol. The Morgan fingerprint density at radius 3 is 1.52 bits per heavy atom. The lowest BCUT2D eigenvalue weighted by Crippen LogP contribution is -2.64. The first-order valence-corrected chi connectivity index (χ1v) is 24.4. The fraction of sp³-hybridized carbons (Fsp3) is 0.886. The van der Waals surface area contributed by atoms with Crippen molar-refractivity contribution in [2.24, 2.45) is 0 Å². The number of hydrogen-bond donors (Lipinski definition) is 9.